The van der Waals surface area contributed by atoms with Crippen molar-refractivity contribution < 1.29 is 5.11 Å². The zero-order valence-corrected chi connectivity index (χ0v) is 10.0. The first-order valence-electron chi connectivity index (χ1n) is 4.87. The van der Waals surface area contributed by atoms with Gasteiger partial charge in [-0.25, -0.2) is 10.8 Å². The molecule has 1 aromatic rings. The standard InChI is InChI=1S/C9H16ClN5O/c1-9(2,3-4-16)14-7-6(10)5-12-8(13-7)15-11/h5,16H,3-4,11H2,1-2H3,(H2,12,13,14,15). The molecule has 1 rings (SSSR count). The molecule has 6 nitrogen and oxygen atoms in total. The minimum atomic E-state index is -0.307. The minimum absolute atomic E-state index is 0.0880. The van der Waals surface area contributed by atoms with Gasteiger partial charge in [-0.1, -0.05) is 11.6 Å². The second-order valence-corrected chi connectivity index (χ2v) is 4.42. The quantitative estimate of drug-likeness (QED) is 0.456. The summed E-state index contributed by atoms with van der Waals surface area (Å²) in [5, 5.41) is 12.4. The van der Waals surface area contributed by atoms with Gasteiger partial charge in [0.2, 0.25) is 5.95 Å². The van der Waals surface area contributed by atoms with E-state index in [-0.39, 0.29) is 18.1 Å². The third kappa shape index (κ3) is 3.48. The van der Waals surface area contributed by atoms with Crippen LogP contribution in [0, 0.1) is 0 Å². The number of nitrogens with two attached hydrogens (primary N) is 1. The van der Waals surface area contributed by atoms with Crippen LogP contribution in [0.1, 0.15) is 20.3 Å². The maximum atomic E-state index is 8.91. The summed E-state index contributed by atoms with van der Waals surface area (Å²) in [5.41, 5.74) is 2.04. The predicted octanol–water partition coefficient (Wildman–Crippen LogP) is 0.988. The van der Waals surface area contributed by atoms with Gasteiger partial charge in [0.15, 0.2) is 5.82 Å². The average molecular weight is 246 g/mol. The number of hydrogen-bond acceptors (Lipinski definition) is 6. The molecule has 7 heteroatoms. The van der Waals surface area contributed by atoms with Crippen molar-refractivity contribution in [2.45, 2.75) is 25.8 Å². The molecule has 0 radical (unpaired) electrons. The van der Waals surface area contributed by atoms with E-state index in [1.165, 1.54) is 6.20 Å². The molecular weight excluding hydrogens is 230 g/mol. The van der Waals surface area contributed by atoms with Crippen LogP contribution in [0.3, 0.4) is 0 Å². The van der Waals surface area contributed by atoms with Gasteiger partial charge in [0.1, 0.15) is 5.02 Å². The van der Waals surface area contributed by atoms with E-state index in [0.29, 0.717) is 17.3 Å². The van der Waals surface area contributed by atoms with Gasteiger partial charge < -0.3 is 10.4 Å². The van der Waals surface area contributed by atoms with Gasteiger partial charge in [0, 0.05) is 12.1 Å². The predicted molar refractivity (Wildman–Crippen MR) is 64.3 cm³/mol. The number of rotatable bonds is 5. The van der Waals surface area contributed by atoms with E-state index in [1.54, 1.807) is 0 Å². The highest BCUT2D eigenvalue weighted by Crippen LogP contribution is 2.24. The fourth-order valence-electron chi connectivity index (χ4n) is 1.19. The van der Waals surface area contributed by atoms with Crippen molar-refractivity contribution in [2.75, 3.05) is 17.3 Å². The van der Waals surface area contributed by atoms with Crippen LogP contribution < -0.4 is 16.6 Å². The number of nitrogen functional groups attached to an aromatic ring is 1. The van der Waals surface area contributed by atoms with Gasteiger partial charge in [0.25, 0.3) is 0 Å². The van der Waals surface area contributed by atoms with Crippen molar-refractivity contribution in [1.82, 2.24) is 9.97 Å². The number of aromatic nitrogens is 2. The molecule has 0 aliphatic rings. The van der Waals surface area contributed by atoms with Crippen LogP contribution in [-0.4, -0.2) is 27.2 Å². The van der Waals surface area contributed by atoms with Crippen LogP contribution in [0.4, 0.5) is 11.8 Å². The fraction of sp³-hybridized carbons (Fsp3) is 0.556. The second kappa shape index (κ2) is 5.29. The fourth-order valence-corrected chi connectivity index (χ4v) is 1.33. The molecule has 0 aliphatic heterocycles. The molecule has 0 unspecified atom stereocenters. The van der Waals surface area contributed by atoms with Gasteiger partial charge in [-0.2, -0.15) is 4.98 Å². The Morgan fingerprint density at radius 3 is 2.81 bits per heavy atom. The summed E-state index contributed by atoms with van der Waals surface area (Å²) < 4.78 is 0. The zero-order chi connectivity index (χ0) is 12.2. The van der Waals surface area contributed by atoms with Gasteiger partial charge in [-0.05, 0) is 20.3 Å². The second-order valence-electron chi connectivity index (χ2n) is 4.02. The van der Waals surface area contributed by atoms with E-state index in [2.05, 4.69) is 20.7 Å². The largest absolute Gasteiger partial charge is 0.396 e. The lowest BCUT2D eigenvalue weighted by atomic mass is 10.0. The van der Waals surface area contributed by atoms with Crippen LogP contribution in [0.5, 0.6) is 0 Å². The van der Waals surface area contributed by atoms with E-state index in [0.717, 1.165) is 0 Å². The molecule has 0 aromatic carbocycles. The molecule has 0 spiro atoms. The Morgan fingerprint density at radius 1 is 1.56 bits per heavy atom. The highest BCUT2D eigenvalue weighted by Gasteiger charge is 2.19. The third-order valence-electron chi connectivity index (χ3n) is 2.07. The summed E-state index contributed by atoms with van der Waals surface area (Å²) in [4.78, 5) is 7.95. The lowest BCUT2D eigenvalue weighted by Gasteiger charge is -2.26. The maximum absolute atomic E-state index is 8.91. The summed E-state index contributed by atoms with van der Waals surface area (Å²) in [6.45, 7) is 3.97. The van der Waals surface area contributed by atoms with Crippen molar-refractivity contribution in [3.8, 4) is 0 Å². The zero-order valence-electron chi connectivity index (χ0n) is 9.29. The van der Waals surface area contributed by atoms with Crippen LogP contribution in [0.15, 0.2) is 6.20 Å². The van der Waals surface area contributed by atoms with Crippen LogP contribution in [0.25, 0.3) is 0 Å². The summed E-state index contributed by atoms with van der Waals surface area (Å²) in [7, 11) is 0. The number of aliphatic hydroxyl groups is 1. The smallest absolute Gasteiger partial charge is 0.239 e. The average Bonchev–Trinajstić information content (AvgIpc) is 2.21. The van der Waals surface area contributed by atoms with Crippen molar-refractivity contribution in [3.63, 3.8) is 0 Å². The van der Waals surface area contributed by atoms with E-state index in [4.69, 9.17) is 22.6 Å². The third-order valence-corrected chi connectivity index (χ3v) is 2.34. The van der Waals surface area contributed by atoms with Gasteiger partial charge in [0.05, 0.1) is 6.20 Å². The Balaban J connectivity index is 2.87. The maximum Gasteiger partial charge on any atom is 0.239 e. The van der Waals surface area contributed by atoms with E-state index in [1.807, 2.05) is 13.8 Å². The number of halogens is 1. The van der Waals surface area contributed by atoms with Crippen LogP contribution >= 0.6 is 11.6 Å². The highest BCUT2D eigenvalue weighted by atomic mass is 35.5. The van der Waals surface area contributed by atoms with Gasteiger partial charge in [-0.3, -0.25) is 5.43 Å². The van der Waals surface area contributed by atoms with E-state index in [9.17, 15) is 0 Å². The van der Waals surface area contributed by atoms with Crippen LogP contribution in [-0.2, 0) is 0 Å². The molecule has 0 saturated heterocycles. The molecule has 90 valence electrons. The summed E-state index contributed by atoms with van der Waals surface area (Å²) >= 11 is 5.94. The first-order valence-corrected chi connectivity index (χ1v) is 5.24. The minimum Gasteiger partial charge on any atom is -0.396 e. The Labute approximate surface area is 99.2 Å². The highest BCUT2D eigenvalue weighted by molar-refractivity contribution is 6.32. The molecule has 0 amide bonds. The Bertz CT molecular complexity index is 358. The van der Waals surface area contributed by atoms with Crippen LogP contribution in [0.2, 0.25) is 5.02 Å². The lowest BCUT2D eigenvalue weighted by molar-refractivity contribution is 0.260. The van der Waals surface area contributed by atoms with E-state index < -0.39 is 0 Å². The Kier molecular flexibility index (Phi) is 4.28. The number of anilines is 2. The van der Waals surface area contributed by atoms with Crippen molar-refractivity contribution in [2.24, 2.45) is 5.84 Å². The topological polar surface area (TPSA) is 96.1 Å². The van der Waals surface area contributed by atoms with Crippen molar-refractivity contribution in [1.29, 1.82) is 0 Å². The SMILES string of the molecule is CC(C)(CCO)Nc1nc(NN)ncc1Cl. The number of hydrazine groups is 1. The molecule has 1 heterocycles. The molecule has 16 heavy (non-hydrogen) atoms. The Hall–Kier alpha value is -1.11. The first kappa shape index (κ1) is 13.0. The monoisotopic (exact) mass is 245 g/mol. The van der Waals surface area contributed by atoms with E-state index >= 15 is 0 Å². The number of nitrogens with zero attached hydrogens (tertiary/aromatic N) is 2. The first-order chi connectivity index (χ1) is 7.48. The van der Waals surface area contributed by atoms with Crippen molar-refractivity contribution in [3.05, 3.63) is 11.2 Å². The number of nitrogens with one attached hydrogen (secondary N) is 2. The molecule has 0 saturated carbocycles. The molecule has 0 bridgehead atoms. The molecule has 0 atom stereocenters. The summed E-state index contributed by atoms with van der Waals surface area (Å²) in [6, 6.07) is 0. The molecule has 0 aliphatic carbocycles. The summed E-state index contributed by atoms with van der Waals surface area (Å²) in [5.74, 6) is 5.98. The molecule has 0 fully saturated rings. The Morgan fingerprint density at radius 2 is 2.25 bits per heavy atom. The molecule has 1 aromatic heterocycles. The number of hydrogen-bond donors (Lipinski definition) is 4. The molecular formula is C9H16ClN5O. The normalized spacial score (nSPS) is 11.3. The lowest BCUT2D eigenvalue weighted by Crippen LogP contribution is -2.32. The number of aliphatic hydroxyl groups excluding tert-OH is 1. The van der Waals surface area contributed by atoms with Gasteiger partial charge >= 0.3 is 0 Å². The van der Waals surface area contributed by atoms with Crippen molar-refractivity contribution >= 4 is 23.4 Å². The summed E-state index contributed by atoms with van der Waals surface area (Å²) in [6.07, 6.45) is 2.04. The molecule has 5 N–H and O–H groups in total. The van der Waals surface area contributed by atoms with Gasteiger partial charge in [-0.15, -0.1) is 0 Å².